The zero-order valence-electron chi connectivity index (χ0n) is 10.9. The van der Waals surface area contributed by atoms with Gasteiger partial charge in [0.15, 0.2) is 0 Å². The van der Waals surface area contributed by atoms with E-state index in [2.05, 4.69) is 10.3 Å². The Kier molecular flexibility index (Phi) is 4.16. The van der Waals surface area contributed by atoms with Crippen LogP contribution in [0.4, 0.5) is 0 Å². The quantitative estimate of drug-likeness (QED) is 0.901. The van der Waals surface area contributed by atoms with Gasteiger partial charge in [0.2, 0.25) is 0 Å². The van der Waals surface area contributed by atoms with Gasteiger partial charge in [0.25, 0.3) is 5.91 Å². The van der Waals surface area contributed by atoms with Crippen molar-refractivity contribution in [3.63, 3.8) is 0 Å². The van der Waals surface area contributed by atoms with E-state index in [1.54, 1.807) is 23.5 Å². The highest BCUT2D eigenvalue weighted by Gasteiger charge is 2.10. The van der Waals surface area contributed by atoms with E-state index in [9.17, 15) is 9.90 Å². The molecule has 2 aromatic rings. The summed E-state index contributed by atoms with van der Waals surface area (Å²) in [4.78, 5) is 16.3. The first-order chi connectivity index (χ1) is 9.06. The van der Waals surface area contributed by atoms with Gasteiger partial charge in [0.1, 0.15) is 5.75 Å². The van der Waals surface area contributed by atoms with Crippen LogP contribution in [-0.4, -0.2) is 22.5 Å². The minimum atomic E-state index is -0.255. The maximum absolute atomic E-state index is 11.9. The number of carbonyl (C=O) groups excluding carboxylic acids is 1. The van der Waals surface area contributed by atoms with Crippen LogP contribution >= 0.6 is 11.3 Å². The molecule has 4 nitrogen and oxygen atoms in total. The van der Waals surface area contributed by atoms with Crippen molar-refractivity contribution >= 4 is 17.2 Å². The van der Waals surface area contributed by atoms with Crippen molar-refractivity contribution in [1.82, 2.24) is 10.3 Å². The van der Waals surface area contributed by atoms with Gasteiger partial charge in [-0.2, -0.15) is 0 Å². The highest BCUT2D eigenvalue weighted by Crippen LogP contribution is 2.17. The number of carbonyl (C=O) groups is 1. The Labute approximate surface area is 116 Å². The van der Waals surface area contributed by atoms with Crippen molar-refractivity contribution in [3.8, 4) is 5.75 Å². The second-order valence-corrected chi connectivity index (χ2v) is 5.35. The molecule has 2 N–H and O–H groups in total. The van der Waals surface area contributed by atoms with E-state index in [0.29, 0.717) is 18.5 Å². The molecule has 0 aliphatic heterocycles. The molecule has 2 rings (SSSR count). The summed E-state index contributed by atoms with van der Waals surface area (Å²) in [6, 6.07) is 4.98. The molecule has 0 atom stereocenters. The van der Waals surface area contributed by atoms with E-state index in [0.717, 1.165) is 16.3 Å². The van der Waals surface area contributed by atoms with E-state index < -0.39 is 0 Å². The third-order valence-electron chi connectivity index (χ3n) is 2.69. The summed E-state index contributed by atoms with van der Waals surface area (Å²) in [7, 11) is 0. The van der Waals surface area contributed by atoms with Crippen LogP contribution in [0.2, 0.25) is 0 Å². The molecule has 0 saturated heterocycles. The van der Waals surface area contributed by atoms with Crippen molar-refractivity contribution in [2.45, 2.75) is 20.3 Å². The van der Waals surface area contributed by atoms with Gasteiger partial charge in [-0.25, -0.2) is 4.98 Å². The molecule has 0 aliphatic carbocycles. The lowest BCUT2D eigenvalue weighted by molar-refractivity contribution is 0.0951. The number of rotatable bonds is 4. The van der Waals surface area contributed by atoms with Crippen LogP contribution in [-0.2, 0) is 6.42 Å². The zero-order chi connectivity index (χ0) is 13.8. The standard InChI is InChI=1S/C14H16N2O2S/c1-9-3-4-12(17)11(7-9)14(18)15-6-5-13-16-10(2)8-19-13/h3-4,7-8,17H,5-6H2,1-2H3,(H,15,18). The number of phenolic OH excluding ortho intramolecular Hbond substituents is 1. The Morgan fingerprint density at radius 2 is 2.21 bits per heavy atom. The van der Waals surface area contributed by atoms with Gasteiger partial charge in [0.05, 0.1) is 10.6 Å². The van der Waals surface area contributed by atoms with E-state index >= 15 is 0 Å². The molecule has 1 aromatic heterocycles. The normalized spacial score (nSPS) is 10.4. The molecule has 19 heavy (non-hydrogen) atoms. The van der Waals surface area contributed by atoms with E-state index in [-0.39, 0.29) is 11.7 Å². The lowest BCUT2D eigenvalue weighted by atomic mass is 10.1. The van der Waals surface area contributed by atoms with Crippen molar-refractivity contribution in [1.29, 1.82) is 0 Å². The number of phenols is 1. The lowest BCUT2D eigenvalue weighted by Crippen LogP contribution is -2.25. The third kappa shape index (κ3) is 3.54. The Morgan fingerprint density at radius 3 is 2.89 bits per heavy atom. The minimum Gasteiger partial charge on any atom is -0.507 e. The van der Waals surface area contributed by atoms with Gasteiger partial charge in [-0.05, 0) is 26.0 Å². The molecule has 1 heterocycles. The van der Waals surface area contributed by atoms with Crippen LogP contribution < -0.4 is 5.32 Å². The van der Waals surface area contributed by atoms with Crippen LogP contribution in [0.1, 0.15) is 26.6 Å². The number of nitrogens with zero attached hydrogens (tertiary/aromatic N) is 1. The van der Waals surface area contributed by atoms with Crippen molar-refractivity contribution in [2.75, 3.05) is 6.54 Å². The Hall–Kier alpha value is -1.88. The van der Waals surface area contributed by atoms with Crippen LogP contribution in [0.25, 0.3) is 0 Å². The van der Waals surface area contributed by atoms with Crippen LogP contribution in [0, 0.1) is 13.8 Å². The van der Waals surface area contributed by atoms with Gasteiger partial charge < -0.3 is 10.4 Å². The van der Waals surface area contributed by atoms with E-state index in [1.165, 1.54) is 6.07 Å². The van der Waals surface area contributed by atoms with E-state index in [4.69, 9.17) is 0 Å². The first-order valence-electron chi connectivity index (χ1n) is 6.05. The summed E-state index contributed by atoms with van der Waals surface area (Å²) in [6.45, 7) is 4.34. The maximum Gasteiger partial charge on any atom is 0.255 e. The SMILES string of the molecule is Cc1ccc(O)c(C(=O)NCCc2nc(C)cs2)c1. The minimum absolute atomic E-state index is 0.00759. The van der Waals surface area contributed by atoms with Crippen molar-refractivity contribution in [3.05, 3.63) is 45.4 Å². The molecule has 1 amide bonds. The number of hydrogen-bond acceptors (Lipinski definition) is 4. The largest absolute Gasteiger partial charge is 0.507 e. The van der Waals surface area contributed by atoms with Crippen molar-refractivity contribution in [2.24, 2.45) is 0 Å². The summed E-state index contributed by atoms with van der Waals surface area (Å²) in [5.74, 6) is -0.248. The van der Waals surface area contributed by atoms with Gasteiger partial charge >= 0.3 is 0 Å². The molecule has 0 radical (unpaired) electrons. The molecular formula is C14H16N2O2S. The monoisotopic (exact) mass is 276 g/mol. The number of hydrogen-bond donors (Lipinski definition) is 2. The van der Waals surface area contributed by atoms with Crippen LogP contribution in [0.5, 0.6) is 5.75 Å². The van der Waals surface area contributed by atoms with E-state index in [1.807, 2.05) is 19.2 Å². The number of benzene rings is 1. The molecule has 1 aromatic carbocycles. The topological polar surface area (TPSA) is 62.2 Å². The maximum atomic E-state index is 11.9. The number of amides is 1. The Morgan fingerprint density at radius 1 is 1.42 bits per heavy atom. The fourth-order valence-corrected chi connectivity index (χ4v) is 2.50. The Balaban J connectivity index is 1.92. The predicted molar refractivity (Wildman–Crippen MR) is 75.7 cm³/mol. The summed E-state index contributed by atoms with van der Waals surface area (Å²) in [5.41, 5.74) is 2.26. The van der Waals surface area contributed by atoms with Gasteiger partial charge in [-0.15, -0.1) is 11.3 Å². The highest BCUT2D eigenvalue weighted by atomic mass is 32.1. The second-order valence-electron chi connectivity index (χ2n) is 4.41. The Bertz CT molecular complexity index is 593. The van der Waals surface area contributed by atoms with Crippen molar-refractivity contribution < 1.29 is 9.90 Å². The number of thiazole rings is 1. The fourth-order valence-electron chi connectivity index (χ4n) is 1.73. The molecular weight excluding hydrogens is 260 g/mol. The fraction of sp³-hybridized carbons (Fsp3) is 0.286. The third-order valence-corrected chi connectivity index (χ3v) is 3.71. The van der Waals surface area contributed by atoms with Gasteiger partial charge in [0, 0.05) is 24.0 Å². The number of aromatic hydroxyl groups is 1. The molecule has 100 valence electrons. The summed E-state index contributed by atoms with van der Waals surface area (Å²) < 4.78 is 0. The average Bonchev–Trinajstić information content (AvgIpc) is 2.78. The summed E-state index contributed by atoms with van der Waals surface area (Å²) in [5, 5.41) is 15.4. The van der Waals surface area contributed by atoms with Crippen LogP contribution in [0.15, 0.2) is 23.6 Å². The molecule has 0 bridgehead atoms. The predicted octanol–water partition coefficient (Wildman–Crippen LogP) is 2.44. The first-order valence-corrected chi connectivity index (χ1v) is 6.93. The molecule has 0 aliphatic rings. The molecule has 0 spiro atoms. The molecule has 0 fully saturated rings. The zero-order valence-corrected chi connectivity index (χ0v) is 11.8. The molecule has 0 saturated carbocycles. The first kappa shape index (κ1) is 13.5. The van der Waals surface area contributed by atoms with Gasteiger partial charge in [-0.1, -0.05) is 11.6 Å². The smallest absolute Gasteiger partial charge is 0.255 e. The van der Waals surface area contributed by atoms with Gasteiger partial charge in [-0.3, -0.25) is 4.79 Å². The highest BCUT2D eigenvalue weighted by molar-refractivity contribution is 7.09. The number of nitrogens with one attached hydrogen (secondary N) is 1. The summed E-state index contributed by atoms with van der Waals surface area (Å²) in [6.07, 6.45) is 0.705. The van der Waals surface area contributed by atoms with Crippen LogP contribution in [0.3, 0.4) is 0 Å². The molecule has 5 heteroatoms. The lowest BCUT2D eigenvalue weighted by Gasteiger charge is -2.06. The average molecular weight is 276 g/mol. The second kappa shape index (κ2) is 5.84. The molecule has 0 unspecified atom stereocenters. The number of aryl methyl sites for hydroxylation is 2. The summed E-state index contributed by atoms with van der Waals surface area (Å²) >= 11 is 1.59. The number of aromatic nitrogens is 1.